The van der Waals surface area contributed by atoms with Crippen molar-refractivity contribution >= 4 is 35.3 Å². The first-order valence-electron chi connectivity index (χ1n) is 3.44. The second kappa shape index (κ2) is 2.21. The number of benzene rings is 1. The Morgan fingerprint density at radius 1 is 0.909 bits per heavy atom. The van der Waals surface area contributed by atoms with Crippen LogP contribution in [-0.4, -0.2) is 0 Å². The number of hydrogen-bond donors (Lipinski definition) is 0. The van der Waals surface area contributed by atoms with Crippen LogP contribution in [-0.2, 0) is 0 Å². The maximum atomic E-state index is 3.95. The average molecular weight is 160 g/mol. The molecular formula is C10H8S. The summed E-state index contributed by atoms with van der Waals surface area (Å²) in [6.45, 7) is 7.90. The first-order chi connectivity index (χ1) is 5.29. The summed E-state index contributed by atoms with van der Waals surface area (Å²) >= 11 is 1.66. The maximum absolute atomic E-state index is 3.95. The lowest BCUT2D eigenvalue weighted by Crippen LogP contribution is -1.85. The summed E-state index contributed by atoms with van der Waals surface area (Å²) < 4.78 is 2.23. The van der Waals surface area contributed by atoms with Gasteiger partial charge in [0.05, 0.1) is 0 Å². The second-order valence-electron chi connectivity index (χ2n) is 2.49. The van der Waals surface area contributed by atoms with E-state index in [-0.39, 0.29) is 0 Å². The Hall–Kier alpha value is -1.08. The van der Waals surface area contributed by atoms with Gasteiger partial charge in [-0.3, -0.25) is 0 Å². The highest BCUT2D eigenvalue weighted by molar-refractivity contribution is 7.09. The van der Waals surface area contributed by atoms with Gasteiger partial charge in [-0.25, -0.2) is 0 Å². The molecule has 0 atom stereocenters. The number of hydrogen-bond acceptors (Lipinski definition) is 1. The van der Waals surface area contributed by atoms with Gasteiger partial charge < -0.3 is 0 Å². The van der Waals surface area contributed by atoms with Crippen molar-refractivity contribution in [2.45, 2.75) is 0 Å². The molecule has 0 fully saturated rings. The fraction of sp³-hybridized carbons (Fsp3) is 0. The van der Waals surface area contributed by atoms with Crippen LogP contribution >= 0.6 is 11.3 Å². The molecule has 1 heterocycles. The summed E-state index contributed by atoms with van der Waals surface area (Å²) in [4.78, 5) is 0. The van der Waals surface area contributed by atoms with Crippen molar-refractivity contribution in [2.24, 2.45) is 0 Å². The van der Waals surface area contributed by atoms with E-state index in [4.69, 9.17) is 0 Å². The Balaban J connectivity index is 3.20. The molecule has 54 valence electrons. The van der Waals surface area contributed by atoms with Gasteiger partial charge in [-0.2, -0.15) is 0 Å². The molecule has 0 saturated carbocycles. The molecule has 1 aromatic heterocycles. The summed E-state index contributed by atoms with van der Waals surface area (Å²) in [6, 6.07) is 8.23. The molecule has 11 heavy (non-hydrogen) atoms. The molecule has 0 amide bonds. The molecule has 0 aliphatic rings. The van der Waals surface area contributed by atoms with Crippen LogP contribution in [0.1, 0.15) is 0 Å². The van der Waals surface area contributed by atoms with E-state index in [2.05, 4.69) is 25.3 Å². The van der Waals surface area contributed by atoms with Crippen LogP contribution in [0.25, 0.3) is 23.9 Å². The van der Waals surface area contributed by atoms with Crippen LogP contribution in [0.5, 0.6) is 0 Å². The Morgan fingerprint density at radius 3 is 1.82 bits per heavy atom. The molecule has 0 aliphatic heterocycles. The molecule has 2 aromatic rings. The van der Waals surface area contributed by atoms with Crippen LogP contribution in [0.15, 0.2) is 24.3 Å². The van der Waals surface area contributed by atoms with Gasteiger partial charge in [0.2, 0.25) is 0 Å². The van der Waals surface area contributed by atoms with Gasteiger partial charge in [-0.1, -0.05) is 37.4 Å². The van der Waals surface area contributed by atoms with Crippen LogP contribution < -0.4 is 9.06 Å². The van der Waals surface area contributed by atoms with Gasteiger partial charge in [0.1, 0.15) is 0 Å². The molecule has 0 nitrogen and oxygen atoms in total. The minimum atomic E-state index is 1.12. The normalized spacial score (nSPS) is 10.5. The van der Waals surface area contributed by atoms with Crippen molar-refractivity contribution in [1.82, 2.24) is 0 Å². The van der Waals surface area contributed by atoms with Crippen molar-refractivity contribution < 1.29 is 0 Å². The minimum Gasteiger partial charge on any atom is -0.136 e. The summed E-state index contributed by atoms with van der Waals surface area (Å²) in [5, 5.41) is 2.48. The van der Waals surface area contributed by atoms with Gasteiger partial charge in [0, 0.05) is 9.06 Å². The predicted octanol–water partition coefficient (Wildman–Crippen LogP) is 1.72. The summed E-state index contributed by atoms with van der Waals surface area (Å²) in [5.74, 6) is 0. The standard InChI is InChI=1S/C10H8S/c1-7-9-5-3-4-6-10(9)8(2)11-7/h3-6H,1-2H2. The average Bonchev–Trinajstić information content (AvgIpc) is 2.30. The molecule has 0 aliphatic carbocycles. The zero-order valence-electron chi connectivity index (χ0n) is 6.13. The highest BCUT2D eigenvalue weighted by Crippen LogP contribution is 2.05. The Kier molecular flexibility index (Phi) is 1.33. The van der Waals surface area contributed by atoms with E-state index in [1.807, 2.05) is 12.1 Å². The third kappa shape index (κ3) is 0.889. The van der Waals surface area contributed by atoms with Gasteiger partial charge in [-0.15, -0.1) is 11.3 Å². The van der Waals surface area contributed by atoms with E-state index < -0.39 is 0 Å². The molecule has 0 unspecified atom stereocenters. The van der Waals surface area contributed by atoms with Gasteiger partial charge in [0.15, 0.2) is 0 Å². The van der Waals surface area contributed by atoms with Crippen LogP contribution in [0.4, 0.5) is 0 Å². The van der Waals surface area contributed by atoms with Crippen LogP contribution in [0.2, 0.25) is 0 Å². The van der Waals surface area contributed by atoms with Crippen molar-refractivity contribution in [3.63, 3.8) is 0 Å². The SMILES string of the molecule is C=c1sc(=C)c2ccccc12. The molecule has 0 radical (unpaired) electrons. The van der Waals surface area contributed by atoms with Crippen molar-refractivity contribution in [2.75, 3.05) is 0 Å². The second-order valence-corrected chi connectivity index (χ2v) is 3.68. The minimum absolute atomic E-state index is 1.12. The Morgan fingerprint density at radius 2 is 1.36 bits per heavy atom. The lowest BCUT2D eigenvalue weighted by atomic mass is 10.2. The van der Waals surface area contributed by atoms with Gasteiger partial charge in [-0.05, 0) is 10.8 Å². The van der Waals surface area contributed by atoms with Crippen molar-refractivity contribution in [3.8, 4) is 0 Å². The zero-order valence-corrected chi connectivity index (χ0v) is 6.95. The molecular weight excluding hydrogens is 152 g/mol. The summed E-state index contributed by atoms with van der Waals surface area (Å²) in [5.41, 5.74) is 0. The molecule has 2 rings (SSSR count). The van der Waals surface area contributed by atoms with Crippen LogP contribution in [0.3, 0.4) is 0 Å². The lowest BCUT2D eigenvalue weighted by molar-refractivity contribution is 1.82. The third-order valence-corrected chi connectivity index (χ3v) is 2.71. The molecule has 0 bridgehead atoms. The number of thiophene rings is 1. The van der Waals surface area contributed by atoms with E-state index in [1.54, 1.807) is 11.3 Å². The highest BCUT2D eigenvalue weighted by Gasteiger charge is 1.94. The number of fused-ring (bicyclic) bond motifs is 1. The number of rotatable bonds is 0. The topological polar surface area (TPSA) is 0 Å². The fourth-order valence-electron chi connectivity index (χ4n) is 1.23. The largest absolute Gasteiger partial charge is 0.136 e. The first kappa shape index (κ1) is 6.62. The van der Waals surface area contributed by atoms with Crippen LogP contribution in [0, 0.1) is 0 Å². The molecule has 0 spiro atoms. The highest BCUT2D eigenvalue weighted by atomic mass is 32.1. The fourth-order valence-corrected chi connectivity index (χ4v) is 2.10. The molecule has 0 N–H and O–H groups in total. The molecule has 1 aromatic carbocycles. The quantitative estimate of drug-likeness (QED) is 0.550. The van der Waals surface area contributed by atoms with Crippen molar-refractivity contribution in [1.29, 1.82) is 0 Å². The Bertz CT molecular complexity index is 435. The Labute approximate surface area is 69.1 Å². The van der Waals surface area contributed by atoms with E-state index in [9.17, 15) is 0 Å². The molecule has 0 saturated heterocycles. The zero-order chi connectivity index (χ0) is 7.84. The third-order valence-electron chi connectivity index (χ3n) is 1.77. The summed E-state index contributed by atoms with van der Waals surface area (Å²) in [7, 11) is 0. The summed E-state index contributed by atoms with van der Waals surface area (Å²) in [6.07, 6.45) is 0. The van der Waals surface area contributed by atoms with Gasteiger partial charge >= 0.3 is 0 Å². The monoisotopic (exact) mass is 160 g/mol. The maximum Gasteiger partial charge on any atom is 0.0283 e. The van der Waals surface area contributed by atoms with Crippen molar-refractivity contribution in [3.05, 3.63) is 33.3 Å². The first-order valence-corrected chi connectivity index (χ1v) is 4.26. The van der Waals surface area contributed by atoms with Gasteiger partial charge in [0.25, 0.3) is 0 Å². The smallest absolute Gasteiger partial charge is 0.0283 e. The lowest BCUT2D eigenvalue weighted by Gasteiger charge is -1.84. The predicted molar refractivity (Wildman–Crippen MR) is 52.1 cm³/mol. The molecule has 1 heteroatoms. The van der Waals surface area contributed by atoms with E-state index >= 15 is 0 Å². The van der Waals surface area contributed by atoms with E-state index in [1.165, 1.54) is 10.8 Å². The van der Waals surface area contributed by atoms with E-state index in [0.29, 0.717) is 0 Å². The van der Waals surface area contributed by atoms with E-state index in [0.717, 1.165) is 9.06 Å².